The summed E-state index contributed by atoms with van der Waals surface area (Å²) in [4.78, 5) is 14.7. The molecule has 4 nitrogen and oxygen atoms in total. The van der Waals surface area contributed by atoms with Gasteiger partial charge in [-0.15, -0.1) is 0 Å². The van der Waals surface area contributed by atoms with E-state index in [1.807, 2.05) is 50.2 Å². The lowest BCUT2D eigenvalue weighted by Gasteiger charge is -2.18. The van der Waals surface area contributed by atoms with Crippen LogP contribution in [0.1, 0.15) is 29.5 Å². The van der Waals surface area contributed by atoms with E-state index in [1.165, 1.54) is 12.8 Å². The molecule has 1 fully saturated rings. The van der Waals surface area contributed by atoms with Gasteiger partial charge in [-0.2, -0.15) is 0 Å². The number of nitrogens with one attached hydrogen (secondary N) is 1. The van der Waals surface area contributed by atoms with E-state index in [1.54, 1.807) is 0 Å². The second-order valence-corrected chi connectivity index (χ2v) is 6.68. The van der Waals surface area contributed by atoms with Crippen LogP contribution in [0, 0.1) is 13.8 Å². The van der Waals surface area contributed by atoms with Gasteiger partial charge in [-0.3, -0.25) is 9.69 Å². The van der Waals surface area contributed by atoms with Crippen molar-refractivity contribution < 1.29 is 9.53 Å². The maximum atomic E-state index is 12.3. The van der Waals surface area contributed by atoms with Crippen molar-refractivity contribution in [2.75, 3.05) is 25.0 Å². The Bertz CT molecular complexity index is 736. The first-order valence-corrected chi connectivity index (χ1v) is 8.92. The highest BCUT2D eigenvalue weighted by Crippen LogP contribution is 2.22. The van der Waals surface area contributed by atoms with Gasteiger partial charge in [0.05, 0.1) is 0 Å². The molecular formula is C21H26N2O2. The predicted octanol–water partition coefficient (Wildman–Crippen LogP) is 3.92. The van der Waals surface area contributed by atoms with E-state index in [4.69, 9.17) is 4.74 Å². The van der Waals surface area contributed by atoms with Crippen LogP contribution in [-0.2, 0) is 11.3 Å². The van der Waals surface area contributed by atoms with Gasteiger partial charge in [0.15, 0.2) is 6.61 Å². The fourth-order valence-electron chi connectivity index (χ4n) is 3.17. The summed E-state index contributed by atoms with van der Waals surface area (Å²) < 4.78 is 5.70. The number of carbonyl (C=O) groups excluding carboxylic acids is 1. The first kappa shape index (κ1) is 17.5. The standard InChI is InChI=1S/C21H26N2O2/c1-16-8-7-11-20(17(16)2)25-15-21(24)22-19-10-4-3-9-18(19)14-23-12-5-6-13-23/h3-4,7-11H,5-6,12-15H2,1-2H3,(H,22,24). The van der Waals surface area contributed by atoms with Crippen molar-refractivity contribution in [3.63, 3.8) is 0 Å². The minimum absolute atomic E-state index is 0.0162. The van der Waals surface area contributed by atoms with Crippen molar-refractivity contribution in [2.24, 2.45) is 0 Å². The molecule has 0 bridgehead atoms. The Morgan fingerprint density at radius 3 is 2.64 bits per heavy atom. The summed E-state index contributed by atoms with van der Waals surface area (Å²) in [5.41, 5.74) is 4.27. The average Bonchev–Trinajstić information content (AvgIpc) is 3.11. The van der Waals surface area contributed by atoms with Gasteiger partial charge < -0.3 is 10.1 Å². The lowest BCUT2D eigenvalue weighted by atomic mass is 10.1. The minimum atomic E-state index is -0.130. The molecule has 4 heteroatoms. The predicted molar refractivity (Wildman–Crippen MR) is 101 cm³/mol. The number of nitrogens with zero attached hydrogens (tertiary/aromatic N) is 1. The summed E-state index contributed by atoms with van der Waals surface area (Å²) in [6, 6.07) is 13.9. The summed E-state index contributed by atoms with van der Waals surface area (Å²) in [5, 5.41) is 3.00. The number of hydrogen-bond donors (Lipinski definition) is 1. The Morgan fingerprint density at radius 2 is 1.84 bits per heavy atom. The molecule has 25 heavy (non-hydrogen) atoms. The Balaban J connectivity index is 1.60. The van der Waals surface area contributed by atoms with Crippen molar-refractivity contribution in [3.05, 3.63) is 59.2 Å². The highest BCUT2D eigenvalue weighted by Gasteiger charge is 2.14. The first-order chi connectivity index (χ1) is 12.1. The van der Waals surface area contributed by atoms with Gasteiger partial charge in [0.25, 0.3) is 5.91 Å². The van der Waals surface area contributed by atoms with Gasteiger partial charge in [0.2, 0.25) is 0 Å². The number of anilines is 1. The number of carbonyl (C=O) groups is 1. The number of ether oxygens (including phenoxy) is 1. The van der Waals surface area contributed by atoms with Crippen LogP contribution in [0.25, 0.3) is 0 Å². The second-order valence-electron chi connectivity index (χ2n) is 6.68. The SMILES string of the molecule is Cc1cccc(OCC(=O)Nc2ccccc2CN2CCCC2)c1C. The molecule has 1 heterocycles. The third-order valence-corrected chi connectivity index (χ3v) is 4.80. The fourth-order valence-corrected chi connectivity index (χ4v) is 3.17. The largest absolute Gasteiger partial charge is 0.483 e. The van der Waals surface area contributed by atoms with E-state index in [0.717, 1.165) is 47.8 Å². The molecule has 132 valence electrons. The summed E-state index contributed by atoms with van der Waals surface area (Å²) in [6.07, 6.45) is 2.52. The number of hydrogen-bond acceptors (Lipinski definition) is 3. The smallest absolute Gasteiger partial charge is 0.262 e. The fraction of sp³-hybridized carbons (Fsp3) is 0.381. The van der Waals surface area contributed by atoms with Gasteiger partial charge in [0.1, 0.15) is 5.75 Å². The van der Waals surface area contributed by atoms with Crippen LogP contribution in [0.4, 0.5) is 5.69 Å². The van der Waals surface area contributed by atoms with Crippen LogP contribution in [0.5, 0.6) is 5.75 Å². The minimum Gasteiger partial charge on any atom is -0.483 e. The third kappa shape index (κ3) is 4.60. The van der Waals surface area contributed by atoms with E-state index >= 15 is 0 Å². The van der Waals surface area contributed by atoms with Crippen LogP contribution in [0.2, 0.25) is 0 Å². The molecule has 0 aromatic heterocycles. The van der Waals surface area contributed by atoms with Crippen molar-refractivity contribution in [3.8, 4) is 5.75 Å². The van der Waals surface area contributed by atoms with Crippen LogP contribution < -0.4 is 10.1 Å². The monoisotopic (exact) mass is 338 g/mol. The lowest BCUT2D eigenvalue weighted by molar-refractivity contribution is -0.118. The quantitative estimate of drug-likeness (QED) is 0.868. The van der Waals surface area contributed by atoms with Gasteiger partial charge in [-0.25, -0.2) is 0 Å². The molecule has 3 rings (SSSR count). The van der Waals surface area contributed by atoms with E-state index in [-0.39, 0.29) is 12.5 Å². The van der Waals surface area contributed by atoms with E-state index in [0.29, 0.717) is 0 Å². The molecular weight excluding hydrogens is 312 g/mol. The molecule has 2 aromatic rings. The molecule has 0 spiro atoms. The van der Waals surface area contributed by atoms with Crippen molar-refractivity contribution >= 4 is 11.6 Å². The van der Waals surface area contributed by atoms with Crippen LogP contribution >= 0.6 is 0 Å². The maximum absolute atomic E-state index is 12.3. The number of rotatable bonds is 6. The molecule has 0 atom stereocenters. The van der Waals surface area contributed by atoms with Gasteiger partial charge in [-0.05, 0) is 68.6 Å². The third-order valence-electron chi connectivity index (χ3n) is 4.80. The lowest BCUT2D eigenvalue weighted by Crippen LogP contribution is -2.23. The highest BCUT2D eigenvalue weighted by atomic mass is 16.5. The zero-order valence-corrected chi connectivity index (χ0v) is 15.0. The maximum Gasteiger partial charge on any atom is 0.262 e. The van der Waals surface area contributed by atoms with Gasteiger partial charge >= 0.3 is 0 Å². The number of benzene rings is 2. The molecule has 1 aliphatic rings. The average molecular weight is 338 g/mol. The molecule has 1 amide bonds. The molecule has 2 aromatic carbocycles. The molecule has 0 radical (unpaired) electrons. The molecule has 1 N–H and O–H groups in total. The van der Waals surface area contributed by atoms with Crippen molar-refractivity contribution in [1.82, 2.24) is 4.90 Å². The summed E-state index contributed by atoms with van der Waals surface area (Å²) in [5.74, 6) is 0.635. The molecule has 0 aliphatic carbocycles. The first-order valence-electron chi connectivity index (χ1n) is 8.92. The van der Waals surface area contributed by atoms with Gasteiger partial charge in [-0.1, -0.05) is 30.3 Å². The van der Waals surface area contributed by atoms with Crippen molar-refractivity contribution in [1.29, 1.82) is 0 Å². The number of aryl methyl sites for hydroxylation is 1. The molecule has 1 saturated heterocycles. The molecule has 0 unspecified atom stereocenters. The normalized spacial score (nSPS) is 14.5. The highest BCUT2D eigenvalue weighted by molar-refractivity contribution is 5.92. The Hall–Kier alpha value is -2.33. The Labute approximate surface area is 149 Å². The summed E-state index contributed by atoms with van der Waals surface area (Å²) in [6.45, 7) is 7.22. The van der Waals surface area contributed by atoms with Crippen LogP contribution in [0.3, 0.4) is 0 Å². The zero-order chi connectivity index (χ0) is 17.6. The number of amides is 1. The zero-order valence-electron chi connectivity index (χ0n) is 15.0. The number of para-hydroxylation sites is 1. The van der Waals surface area contributed by atoms with E-state index < -0.39 is 0 Å². The van der Waals surface area contributed by atoms with E-state index in [2.05, 4.69) is 16.3 Å². The number of likely N-dealkylation sites (tertiary alicyclic amines) is 1. The second kappa shape index (κ2) is 8.17. The van der Waals surface area contributed by atoms with E-state index in [9.17, 15) is 4.79 Å². The van der Waals surface area contributed by atoms with Gasteiger partial charge in [0, 0.05) is 12.2 Å². The Morgan fingerprint density at radius 1 is 1.08 bits per heavy atom. The van der Waals surface area contributed by atoms with Crippen LogP contribution in [-0.4, -0.2) is 30.5 Å². The molecule has 0 saturated carbocycles. The van der Waals surface area contributed by atoms with Crippen molar-refractivity contribution in [2.45, 2.75) is 33.2 Å². The molecule has 1 aliphatic heterocycles. The summed E-state index contributed by atoms with van der Waals surface area (Å²) >= 11 is 0. The topological polar surface area (TPSA) is 41.6 Å². The Kier molecular flexibility index (Phi) is 5.71. The summed E-state index contributed by atoms with van der Waals surface area (Å²) in [7, 11) is 0. The van der Waals surface area contributed by atoms with Crippen LogP contribution in [0.15, 0.2) is 42.5 Å².